The van der Waals surface area contributed by atoms with Gasteiger partial charge >= 0.3 is 0 Å². The highest BCUT2D eigenvalue weighted by molar-refractivity contribution is 5.97. The standard InChI is InChI=1S/C27H32N2O4/c1-6-32-25-17-26-22(19(3)20(4)33-26)16-21(25)18(2)15-27(30)29-13-11-28(12-14-29)23-9-7-8-10-24(23)31-5/h7-10,15-17H,6,11-14H2,1-5H3/b18-15+. The number of anilines is 1. The molecule has 33 heavy (non-hydrogen) atoms. The van der Waals surface area contributed by atoms with E-state index in [1.807, 2.05) is 49.9 Å². The normalized spacial score (nSPS) is 14.6. The van der Waals surface area contributed by atoms with Gasteiger partial charge in [-0.2, -0.15) is 0 Å². The predicted octanol–water partition coefficient (Wildman–Crippen LogP) is 5.21. The van der Waals surface area contributed by atoms with Crippen LogP contribution in [0.3, 0.4) is 0 Å². The molecule has 0 radical (unpaired) electrons. The van der Waals surface area contributed by atoms with Gasteiger partial charge in [0, 0.05) is 49.3 Å². The fourth-order valence-corrected chi connectivity index (χ4v) is 4.37. The van der Waals surface area contributed by atoms with E-state index in [-0.39, 0.29) is 5.91 Å². The monoisotopic (exact) mass is 448 g/mol. The molecular weight excluding hydrogens is 416 g/mol. The van der Waals surface area contributed by atoms with Crippen molar-refractivity contribution in [2.45, 2.75) is 27.7 Å². The van der Waals surface area contributed by atoms with Crippen molar-refractivity contribution in [3.8, 4) is 11.5 Å². The lowest BCUT2D eigenvalue weighted by atomic mass is 10.0. The van der Waals surface area contributed by atoms with Crippen LogP contribution in [-0.2, 0) is 4.79 Å². The van der Waals surface area contributed by atoms with Crippen LogP contribution in [0.4, 0.5) is 5.69 Å². The number of rotatable bonds is 6. The van der Waals surface area contributed by atoms with E-state index in [1.165, 1.54) is 0 Å². The van der Waals surface area contributed by atoms with Crippen LogP contribution < -0.4 is 14.4 Å². The molecule has 174 valence electrons. The van der Waals surface area contributed by atoms with Gasteiger partial charge in [0.25, 0.3) is 0 Å². The average molecular weight is 449 g/mol. The number of fused-ring (bicyclic) bond motifs is 1. The number of methoxy groups -OCH3 is 1. The van der Waals surface area contributed by atoms with E-state index in [2.05, 4.69) is 24.0 Å². The Labute approximate surface area is 195 Å². The molecule has 1 aliphatic heterocycles. The maximum absolute atomic E-state index is 13.1. The minimum Gasteiger partial charge on any atom is -0.495 e. The Bertz CT molecular complexity index is 1190. The molecule has 0 unspecified atom stereocenters. The van der Waals surface area contributed by atoms with Gasteiger partial charge < -0.3 is 23.7 Å². The lowest BCUT2D eigenvalue weighted by Gasteiger charge is -2.36. The molecule has 1 aromatic heterocycles. The summed E-state index contributed by atoms with van der Waals surface area (Å²) < 4.78 is 17.3. The number of piperazine rings is 1. The maximum atomic E-state index is 13.1. The number of aryl methyl sites for hydroxylation is 2. The number of hydrogen-bond acceptors (Lipinski definition) is 5. The van der Waals surface area contributed by atoms with Crippen molar-refractivity contribution >= 4 is 28.1 Å². The highest BCUT2D eigenvalue weighted by atomic mass is 16.5. The van der Waals surface area contributed by atoms with E-state index < -0.39 is 0 Å². The highest BCUT2D eigenvalue weighted by Gasteiger charge is 2.22. The number of amides is 1. The minimum absolute atomic E-state index is 0.0230. The molecule has 0 aliphatic carbocycles. The van der Waals surface area contributed by atoms with Crippen molar-refractivity contribution in [3.05, 3.63) is 59.4 Å². The number of allylic oxidation sites excluding steroid dienone is 1. The largest absolute Gasteiger partial charge is 0.495 e. The Balaban J connectivity index is 1.52. The quantitative estimate of drug-likeness (QED) is 0.485. The number of hydrogen-bond donors (Lipinski definition) is 0. The molecule has 1 amide bonds. The number of nitrogens with zero attached hydrogens (tertiary/aromatic N) is 2. The Morgan fingerprint density at radius 1 is 1.09 bits per heavy atom. The van der Waals surface area contributed by atoms with Gasteiger partial charge in [-0.05, 0) is 57.0 Å². The topological polar surface area (TPSA) is 55.2 Å². The van der Waals surface area contributed by atoms with Crippen LogP contribution in [0.25, 0.3) is 16.5 Å². The fraction of sp³-hybridized carbons (Fsp3) is 0.370. The maximum Gasteiger partial charge on any atom is 0.246 e. The number of carbonyl (C=O) groups is 1. The molecule has 0 saturated carbocycles. The number of para-hydroxylation sites is 2. The van der Waals surface area contributed by atoms with E-state index in [0.717, 1.165) is 63.7 Å². The molecule has 1 saturated heterocycles. The second-order valence-electron chi connectivity index (χ2n) is 8.37. The number of benzene rings is 2. The zero-order valence-electron chi connectivity index (χ0n) is 20.1. The second kappa shape index (κ2) is 9.61. The van der Waals surface area contributed by atoms with E-state index in [4.69, 9.17) is 13.9 Å². The second-order valence-corrected chi connectivity index (χ2v) is 8.37. The zero-order valence-corrected chi connectivity index (χ0v) is 20.1. The van der Waals surface area contributed by atoms with Gasteiger partial charge in [-0.15, -0.1) is 0 Å². The molecule has 0 spiro atoms. The Kier molecular flexibility index (Phi) is 6.63. The van der Waals surface area contributed by atoms with Gasteiger partial charge in [0.05, 0.1) is 19.4 Å². The third-order valence-corrected chi connectivity index (χ3v) is 6.36. The smallest absolute Gasteiger partial charge is 0.246 e. The van der Waals surface area contributed by atoms with Crippen molar-refractivity contribution in [1.82, 2.24) is 4.90 Å². The van der Waals surface area contributed by atoms with Gasteiger partial charge in [-0.3, -0.25) is 4.79 Å². The fourth-order valence-electron chi connectivity index (χ4n) is 4.37. The first-order valence-electron chi connectivity index (χ1n) is 11.4. The van der Waals surface area contributed by atoms with E-state index in [1.54, 1.807) is 13.2 Å². The van der Waals surface area contributed by atoms with Crippen LogP contribution in [-0.4, -0.2) is 50.7 Å². The van der Waals surface area contributed by atoms with Crippen molar-refractivity contribution in [2.75, 3.05) is 44.8 Å². The van der Waals surface area contributed by atoms with Gasteiger partial charge in [-0.25, -0.2) is 0 Å². The van der Waals surface area contributed by atoms with Gasteiger partial charge in [0.1, 0.15) is 22.8 Å². The van der Waals surface area contributed by atoms with Gasteiger partial charge in [0.15, 0.2) is 0 Å². The summed E-state index contributed by atoms with van der Waals surface area (Å²) in [5, 5.41) is 1.05. The highest BCUT2D eigenvalue weighted by Crippen LogP contribution is 2.35. The molecule has 1 aliphatic rings. The molecule has 2 heterocycles. The first kappa shape index (κ1) is 22.8. The van der Waals surface area contributed by atoms with Gasteiger partial charge in [0.2, 0.25) is 5.91 Å². The first-order chi connectivity index (χ1) is 15.9. The molecule has 0 bridgehead atoms. The molecule has 1 fully saturated rings. The van der Waals surface area contributed by atoms with E-state index in [9.17, 15) is 4.79 Å². The number of furan rings is 1. The first-order valence-corrected chi connectivity index (χ1v) is 11.4. The van der Waals surface area contributed by atoms with Crippen molar-refractivity contribution in [2.24, 2.45) is 0 Å². The number of ether oxygens (including phenoxy) is 2. The number of carbonyl (C=O) groups excluding carboxylic acids is 1. The Hall–Kier alpha value is -3.41. The summed E-state index contributed by atoms with van der Waals surface area (Å²) in [6.07, 6.45) is 1.73. The Morgan fingerprint density at radius 3 is 2.52 bits per heavy atom. The van der Waals surface area contributed by atoms with Crippen LogP contribution in [0.2, 0.25) is 0 Å². The van der Waals surface area contributed by atoms with Crippen molar-refractivity contribution in [3.63, 3.8) is 0 Å². The minimum atomic E-state index is 0.0230. The third kappa shape index (κ3) is 4.56. The summed E-state index contributed by atoms with van der Waals surface area (Å²) >= 11 is 0. The van der Waals surface area contributed by atoms with Crippen LogP contribution in [0.15, 0.2) is 46.9 Å². The van der Waals surface area contributed by atoms with Crippen molar-refractivity contribution < 1.29 is 18.7 Å². The van der Waals surface area contributed by atoms with Crippen LogP contribution in [0.1, 0.15) is 30.7 Å². The predicted molar refractivity (Wildman–Crippen MR) is 132 cm³/mol. The molecule has 0 N–H and O–H groups in total. The van der Waals surface area contributed by atoms with Crippen LogP contribution >= 0.6 is 0 Å². The van der Waals surface area contributed by atoms with Crippen LogP contribution in [0, 0.1) is 13.8 Å². The molecule has 4 rings (SSSR count). The van der Waals surface area contributed by atoms with Crippen LogP contribution in [0.5, 0.6) is 11.5 Å². The summed E-state index contributed by atoms with van der Waals surface area (Å²) in [6, 6.07) is 12.0. The van der Waals surface area contributed by atoms with E-state index >= 15 is 0 Å². The molecule has 2 aromatic carbocycles. The lowest BCUT2D eigenvalue weighted by molar-refractivity contribution is -0.126. The zero-order chi connectivity index (χ0) is 23.5. The molecular formula is C27H32N2O4. The summed E-state index contributed by atoms with van der Waals surface area (Å²) in [4.78, 5) is 17.3. The van der Waals surface area contributed by atoms with E-state index in [0.29, 0.717) is 19.7 Å². The summed E-state index contributed by atoms with van der Waals surface area (Å²) in [5.41, 5.74) is 4.80. The molecule has 0 atom stereocenters. The third-order valence-electron chi connectivity index (χ3n) is 6.36. The summed E-state index contributed by atoms with van der Waals surface area (Å²) in [6.45, 7) is 11.3. The average Bonchev–Trinajstić information content (AvgIpc) is 3.11. The van der Waals surface area contributed by atoms with Gasteiger partial charge in [-0.1, -0.05) is 12.1 Å². The van der Waals surface area contributed by atoms with Crippen molar-refractivity contribution in [1.29, 1.82) is 0 Å². The Morgan fingerprint density at radius 2 is 1.82 bits per heavy atom. The molecule has 6 heteroatoms. The molecule has 3 aromatic rings. The summed E-state index contributed by atoms with van der Waals surface area (Å²) in [7, 11) is 1.69. The lowest BCUT2D eigenvalue weighted by Crippen LogP contribution is -2.48. The summed E-state index contributed by atoms with van der Waals surface area (Å²) in [5.74, 6) is 2.52. The molecule has 6 nitrogen and oxygen atoms in total. The SMILES string of the molecule is CCOc1cc2oc(C)c(C)c2cc1/C(C)=C/C(=O)N1CCN(c2ccccc2OC)CC1.